The first-order valence-electron chi connectivity index (χ1n) is 5.55. The van der Waals surface area contributed by atoms with Gasteiger partial charge in [0.15, 0.2) is 5.76 Å². The molecular weight excluding hydrogens is 271 g/mol. The lowest BCUT2D eigenvalue weighted by Gasteiger charge is -2.07. The summed E-state index contributed by atoms with van der Waals surface area (Å²) in [4.78, 5) is 0. The molecule has 0 aliphatic carbocycles. The van der Waals surface area contributed by atoms with Crippen molar-refractivity contribution in [3.8, 4) is 0 Å². The molecule has 102 valence electrons. The Morgan fingerprint density at radius 1 is 1.26 bits per heavy atom. The minimum absolute atomic E-state index is 0.239. The van der Waals surface area contributed by atoms with Gasteiger partial charge in [-0.1, -0.05) is 17.3 Å². The molecule has 0 spiro atoms. The van der Waals surface area contributed by atoms with Gasteiger partial charge in [0.25, 0.3) is 0 Å². The van der Waals surface area contributed by atoms with E-state index in [2.05, 4.69) is 9.88 Å². The van der Waals surface area contributed by atoms with Crippen molar-refractivity contribution in [2.24, 2.45) is 0 Å². The van der Waals surface area contributed by atoms with E-state index in [-0.39, 0.29) is 5.75 Å². The average molecular weight is 284 g/mol. The maximum absolute atomic E-state index is 12.7. The molecule has 0 saturated heterocycles. The van der Waals surface area contributed by atoms with Crippen LogP contribution in [-0.4, -0.2) is 13.6 Å². The Bertz CT molecular complexity index is 658. The molecular formula is C12H13FN2O3S. The van der Waals surface area contributed by atoms with Crippen LogP contribution in [0.1, 0.15) is 17.0 Å². The van der Waals surface area contributed by atoms with Gasteiger partial charge in [-0.15, -0.1) is 0 Å². The van der Waals surface area contributed by atoms with Crippen LogP contribution >= 0.6 is 0 Å². The smallest absolute Gasteiger partial charge is 0.237 e. The fourth-order valence-corrected chi connectivity index (χ4v) is 2.93. The van der Waals surface area contributed by atoms with Crippen LogP contribution in [0.25, 0.3) is 0 Å². The highest BCUT2D eigenvalue weighted by Gasteiger charge is 2.17. The molecule has 0 atom stereocenters. The topological polar surface area (TPSA) is 72.2 Å². The molecule has 0 saturated carbocycles. The van der Waals surface area contributed by atoms with Gasteiger partial charge in [0.2, 0.25) is 10.0 Å². The first-order chi connectivity index (χ1) is 8.87. The van der Waals surface area contributed by atoms with E-state index in [0.29, 0.717) is 22.7 Å². The lowest BCUT2D eigenvalue weighted by atomic mass is 10.2. The highest BCUT2D eigenvalue weighted by molar-refractivity contribution is 7.91. The van der Waals surface area contributed by atoms with E-state index >= 15 is 0 Å². The van der Waals surface area contributed by atoms with E-state index in [9.17, 15) is 12.8 Å². The molecule has 1 heterocycles. The van der Waals surface area contributed by atoms with Crippen molar-refractivity contribution in [3.05, 3.63) is 47.1 Å². The second kappa shape index (κ2) is 5.00. The zero-order valence-corrected chi connectivity index (χ0v) is 11.3. The number of nitrogens with zero attached hydrogens (tertiary/aromatic N) is 1. The summed E-state index contributed by atoms with van der Waals surface area (Å²) >= 11 is 0. The molecule has 1 N–H and O–H groups in total. The van der Waals surface area contributed by atoms with Crippen LogP contribution in [0.3, 0.4) is 0 Å². The van der Waals surface area contributed by atoms with Crippen molar-refractivity contribution < 1.29 is 17.3 Å². The van der Waals surface area contributed by atoms with Crippen molar-refractivity contribution in [3.63, 3.8) is 0 Å². The Morgan fingerprint density at radius 2 is 1.89 bits per heavy atom. The third-order valence-electron chi connectivity index (χ3n) is 2.56. The molecule has 0 amide bonds. The van der Waals surface area contributed by atoms with Gasteiger partial charge < -0.3 is 4.52 Å². The number of rotatable bonds is 4. The molecule has 2 aromatic rings. The highest BCUT2D eigenvalue weighted by atomic mass is 32.2. The average Bonchev–Trinajstić information content (AvgIpc) is 2.63. The number of anilines is 1. The van der Waals surface area contributed by atoms with Crippen molar-refractivity contribution in [1.82, 2.24) is 5.16 Å². The summed E-state index contributed by atoms with van der Waals surface area (Å²) in [6.07, 6.45) is 0. The molecule has 0 unspecified atom stereocenters. The molecule has 2 rings (SSSR count). The van der Waals surface area contributed by atoms with Gasteiger partial charge in [-0.3, -0.25) is 4.72 Å². The van der Waals surface area contributed by atoms with Crippen LogP contribution < -0.4 is 4.72 Å². The normalized spacial score (nSPS) is 11.5. The number of aromatic nitrogens is 1. The lowest BCUT2D eigenvalue weighted by Crippen LogP contribution is -2.15. The largest absolute Gasteiger partial charge is 0.359 e. The highest BCUT2D eigenvalue weighted by Crippen LogP contribution is 2.21. The van der Waals surface area contributed by atoms with E-state index < -0.39 is 15.8 Å². The van der Waals surface area contributed by atoms with E-state index in [1.54, 1.807) is 13.8 Å². The van der Waals surface area contributed by atoms with Crippen LogP contribution in [0.2, 0.25) is 0 Å². The Hall–Kier alpha value is -1.89. The van der Waals surface area contributed by atoms with Gasteiger partial charge in [-0.05, 0) is 31.5 Å². The maximum atomic E-state index is 12.7. The number of nitrogens with one attached hydrogen (secondary N) is 1. The van der Waals surface area contributed by atoms with Gasteiger partial charge in [0.1, 0.15) is 17.2 Å². The van der Waals surface area contributed by atoms with Crippen LogP contribution in [0.4, 0.5) is 10.1 Å². The SMILES string of the molecule is Cc1noc(C)c1NS(=O)(=O)Cc1ccc(F)cc1. The first-order valence-corrected chi connectivity index (χ1v) is 7.20. The minimum atomic E-state index is -3.59. The van der Waals surface area contributed by atoms with Gasteiger partial charge in [0, 0.05) is 0 Å². The Morgan fingerprint density at radius 3 is 2.42 bits per heavy atom. The molecule has 0 aliphatic rings. The van der Waals surface area contributed by atoms with E-state index in [1.807, 2.05) is 0 Å². The monoisotopic (exact) mass is 284 g/mol. The molecule has 1 aromatic carbocycles. The molecule has 0 bridgehead atoms. The number of benzene rings is 1. The fraction of sp³-hybridized carbons (Fsp3) is 0.250. The molecule has 0 aliphatic heterocycles. The standard InChI is InChI=1S/C12H13FN2O3S/c1-8-12(9(2)18-14-8)15-19(16,17)7-10-3-5-11(13)6-4-10/h3-6,15H,7H2,1-2H3. The van der Waals surface area contributed by atoms with Gasteiger partial charge in [0.05, 0.1) is 5.75 Å². The quantitative estimate of drug-likeness (QED) is 0.935. The van der Waals surface area contributed by atoms with Gasteiger partial charge in [-0.25, -0.2) is 12.8 Å². The summed E-state index contributed by atoms with van der Waals surface area (Å²) in [5.74, 6) is -0.239. The summed E-state index contributed by atoms with van der Waals surface area (Å²) in [6.45, 7) is 3.27. The van der Waals surface area contributed by atoms with Gasteiger partial charge in [-0.2, -0.15) is 0 Å². The number of aryl methyl sites for hydroxylation is 2. The summed E-state index contributed by atoms with van der Waals surface area (Å²) in [7, 11) is -3.59. The van der Waals surface area contributed by atoms with Crippen LogP contribution in [0, 0.1) is 19.7 Å². The Kier molecular flexibility index (Phi) is 3.57. The van der Waals surface area contributed by atoms with Crippen LogP contribution in [0.15, 0.2) is 28.8 Å². The Labute approximate surface area is 110 Å². The molecule has 19 heavy (non-hydrogen) atoms. The first kappa shape index (κ1) is 13.5. The second-order valence-corrected chi connectivity index (χ2v) is 5.91. The predicted molar refractivity (Wildman–Crippen MR) is 68.6 cm³/mol. The second-order valence-electron chi connectivity index (χ2n) is 4.19. The van der Waals surface area contributed by atoms with Crippen LogP contribution in [-0.2, 0) is 15.8 Å². The molecule has 0 fully saturated rings. The number of hydrogen-bond acceptors (Lipinski definition) is 4. The minimum Gasteiger partial charge on any atom is -0.359 e. The predicted octanol–water partition coefficient (Wildman–Crippen LogP) is 2.37. The molecule has 0 radical (unpaired) electrons. The lowest BCUT2D eigenvalue weighted by molar-refractivity contribution is 0.393. The summed E-state index contributed by atoms with van der Waals surface area (Å²) in [6, 6.07) is 5.31. The Balaban J connectivity index is 2.17. The molecule has 1 aromatic heterocycles. The summed E-state index contributed by atoms with van der Waals surface area (Å²) in [5, 5.41) is 3.67. The van der Waals surface area contributed by atoms with Crippen molar-refractivity contribution in [2.75, 3.05) is 4.72 Å². The van der Waals surface area contributed by atoms with Gasteiger partial charge >= 0.3 is 0 Å². The number of halogens is 1. The third-order valence-corrected chi connectivity index (χ3v) is 3.79. The maximum Gasteiger partial charge on any atom is 0.237 e. The van der Waals surface area contributed by atoms with Crippen molar-refractivity contribution in [2.45, 2.75) is 19.6 Å². The van der Waals surface area contributed by atoms with E-state index in [1.165, 1.54) is 24.3 Å². The number of hydrogen-bond donors (Lipinski definition) is 1. The van der Waals surface area contributed by atoms with Crippen molar-refractivity contribution in [1.29, 1.82) is 0 Å². The third kappa shape index (κ3) is 3.31. The zero-order chi connectivity index (χ0) is 14.0. The van der Waals surface area contributed by atoms with E-state index in [4.69, 9.17) is 4.52 Å². The van der Waals surface area contributed by atoms with Crippen LogP contribution in [0.5, 0.6) is 0 Å². The van der Waals surface area contributed by atoms with E-state index in [0.717, 1.165) is 0 Å². The van der Waals surface area contributed by atoms with Crippen molar-refractivity contribution >= 4 is 15.7 Å². The summed E-state index contributed by atoms with van der Waals surface area (Å²) in [5.41, 5.74) is 1.32. The summed E-state index contributed by atoms with van der Waals surface area (Å²) < 4.78 is 44.0. The number of sulfonamides is 1. The zero-order valence-electron chi connectivity index (χ0n) is 10.5. The molecule has 7 heteroatoms. The fourth-order valence-electron chi connectivity index (χ4n) is 1.62. The molecule has 5 nitrogen and oxygen atoms in total.